The van der Waals surface area contributed by atoms with E-state index in [1.807, 2.05) is 24.3 Å². The first-order valence-corrected chi connectivity index (χ1v) is 8.72. The molecular formula is C19H21ClFN3O. The Labute approximate surface area is 152 Å². The van der Waals surface area contributed by atoms with Gasteiger partial charge in [0.1, 0.15) is 5.82 Å². The number of benzene rings is 2. The van der Waals surface area contributed by atoms with Crippen molar-refractivity contribution in [3.05, 3.63) is 64.9 Å². The van der Waals surface area contributed by atoms with Gasteiger partial charge in [-0.25, -0.2) is 4.39 Å². The highest BCUT2D eigenvalue weighted by molar-refractivity contribution is 6.31. The lowest BCUT2D eigenvalue weighted by Crippen LogP contribution is -2.48. The Morgan fingerprint density at radius 2 is 1.64 bits per heavy atom. The summed E-state index contributed by atoms with van der Waals surface area (Å²) in [6, 6.07) is 14.1. The minimum atomic E-state index is -0.416. The highest BCUT2D eigenvalue weighted by Crippen LogP contribution is 2.18. The number of nitrogens with one attached hydrogen (secondary N) is 1. The largest absolute Gasteiger partial charge is 0.322 e. The van der Waals surface area contributed by atoms with Gasteiger partial charge in [0.25, 0.3) is 0 Å². The Hall–Kier alpha value is -1.95. The second-order valence-electron chi connectivity index (χ2n) is 6.17. The van der Waals surface area contributed by atoms with Crippen LogP contribution in [-0.4, -0.2) is 48.4 Å². The first-order valence-electron chi connectivity index (χ1n) is 8.34. The molecule has 0 atom stereocenters. The molecule has 0 aromatic heterocycles. The van der Waals surface area contributed by atoms with Crippen LogP contribution in [0.15, 0.2) is 48.5 Å². The molecule has 0 aliphatic carbocycles. The standard InChI is InChI=1S/C19H21ClFN3O/c20-16-6-2-1-5-15(16)13-23-9-11-24(12-10-23)14-19(25)22-18-8-4-3-7-17(18)21/h1-8H,9-14H2,(H,22,25). The predicted octanol–water partition coefficient (Wildman–Crippen LogP) is 3.24. The predicted molar refractivity (Wildman–Crippen MR) is 98.2 cm³/mol. The number of hydrogen-bond acceptors (Lipinski definition) is 3. The zero-order valence-corrected chi connectivity index (χ0v) is 14.7. The zero-order valence-electron chi connectivity index (χ0n) is 13.9. The van der Waals surface area contributed by atoms with Crippen LogP contribution in [-0.2, 0) is 11.3 Å². The molecule has 6 heteroatoms. The summed E-state index contributed by atoms with van der Waals surface area (Å²) >= 11 is 6.21. The molecule has 2 aromatic rings. The molecule has 0 saturated carbocycles. The molecule has 1 fully saturated rings. The molecule has 3 rings (SSSR count). The van der Waals surface area contributed by atoms with Gasteiger partial charge in [0.05, 0.1) is 12.2 Å². The van der Waals surface area contributed by atoms with E-state index in [1.54, 1.807) is 18.2 Å². The number of nitrogens with zero attached hydrogens (tertiary/aromatic N) is 2. The lowest BCUT2D eigenvalue weighted by atomic mass is 10.2. The highest BCUT2D eigenvalue weighted by atomic mass is 35.5. The molecule has 1 aliphatic heterocycles. The van der Waals surface area contributed by atoms with E-state index in [9.17, 15) is 9.18 Å². The minimum Gasteiger partial charge on any atom is -0.322 e. The number of carbonyl (C=O) groups is 1. The minimum absolute atomic E-state index is 0.190. The summed E-state index contributed by atoms with van der Waals surface area (Å²) in [5.74, 6) is -0.606. The van der Waals surface area contributed by atoms with Crippen LogP contribution in [0.3, 0.4) is 0 Å². The van der Waals surface area contributed by atoms with Crippen molar-refractivity contribution in [1.29, 1.82) is 0 Å². The van der Waals surface area contributed by atoms with Crippen molar-refractivity contribution in [2.45, 2.75) is 6.54 Å². The summed E-state index contributed by atoms with van der Waals surface area (Å²) in [6.07, 6.45) is 0. The van der Waals surface area contributed by atoms with E-state index < -0.39 is 5.82 Å². The van der Waals surface area contributed by atoms with Gasteiger partial charge in [-0.1, -0.05) is 41.9 Å². The quantitative estimate of drug-likeness (QED) is 0.888. The highest BCUT2D eigenvalue weighted by Gasteiger charge is 2.20. The average Bonchev–Trinajstić information content (AvgIpc) is 2.61. The maximum Gasteiger partial charge on any atom is 0.238 e. The van der Waals surface area contributed by atoms with Crippen molar-refractivity contribution >= 4 is 23.2 Å². The number of para-hydroxylation sites is 1. The van der Waals surface area contributed by atoms with Crippen molar-refractivity contribution in [2.24, 2.45) is 0 Å². The van der Waals surface area contributed by atoms with Crippen LogP contribution in [0.25, 0.3) is 0 Å². The lowest BCUT2D eigenvalue weighted by molar-refractivity contribution is -0.117. The monoisotopic (exact) mass is 361 g/mol. The number of halogens is 2. The first-order chi connectivity index (χ1) is 12.1. The van der Waals surface area contributed by atoms with Gasteiger partial charge in [-0.2, -0.15) is 0 Å². The lowest BCUT2D eigenvalue weighted by Gasteiger charge is -2.34. The molecule has 1 aliphatic rings. The van der Waals surface area contributed by atoms with Crippen LogP contribution in [0.5, 0.6) is 0 Å². The van der Waals surface area contributed by atoms with Gasteiger partial charge in [0.15, 0.2) is 0 Å². The fourth-order valence-corrected chi connectivity index (χ4v) is 3.12. The Balaban J connectivity index is 1.45. The SMILES string of the molecule is O=C(CN1CCN(Cc2ccccc2Cl)CC1)Nc1ccccc1F. The Bertz CT molecular complexity index is 732. The fourth-order valence-electron chi connectivity index (χ4n) is 2.93. The molecule has 25 heavy (non-hydrogen) atoms. The fraction of sp³-hybridized carbons (Fsp3) is 0.316. The Kier molecular flexibility index (Phi) is 6.02. The third-order valence-corrected chi connectivity index (χ3v) is 4.70. The summed E-state index contributed by atoms with van der Waals surface area (Å²) in [4.78, 5) is 16.5. The Morgan fingerprint density at radius 1 is 1.00 bits per heavy atom. The molecular weight excluding hydrogens is 341 g/mol. The van der Waals surface area contributed by atoms with Crippen LogP contribution >= 0.6 is 11.6 Å². The van der Waals surface area contributed by atoms with Crippen molar-refractivity contribution in [1.82, 2.24) is 9.80 Å². The topological polar surface area (TPSA) is 35.6 Å². The van der Waals surface area contributed by atoms with Crippen LogP contribution in [0.4, 0.5) is 10.1 Å². The molecule has 0 spiro atoms. The average molecular weight is 362 g/mol. The van der Waals surface area contributed by atoms with Crippen molar-refractivity contribution in [3.63, 3.8) is 0 Å². The third kappa shape index (κ3) is 5.01. The molecule has 0 bridgehead atoms. The van der Waals surface area contributed by atoms with Gasteiger partial charge < -0.3 is 5.32 Å². The second kappa shape index (κ2) is 8.43. The molecule has 0 radical (unpaired) electrons. The van der Waals surface area contributed by atoms with Crippen molar-refractivity contribution in [3.8, 4) is 0 Å². The van der Waals surface area contributed by atoms with Gasteiger partial charge in [-0.05, 0) is 23.8 Å². The second-order valence-corrected chi connectivity index (χ2v) is 6.58. The number of piperazine rings is 1. The van der Waals surface area contributed by atoms with E-state index >= 15 is 0 Å². The van der Waals surface area contributed by atoms with E-state index in [2.05, 4.69) is 15.1 Å². The summed E-state index contributed by atoms with van der Waals surface area (Å²) in [5.41, 5.74) is 1.35. The molecule has 4 nitrogen and oxygen atoms in total. The molecule has 0 unspecified atom stereocenters. The summed E-state index contributed by atoms with van der Waals surface area (Å²) in [5, 5.41) is 3.42. The van der Waals surface area contributed by atoms with Crippen LogP contribution in [0, 0.1) is 5.82 Å². The van der Waals surface area contributed by atoms with E-state index in [0.717, 1.165) is 43.3 Å². The maximum atomic E-state index is 13.6. The number of rotatable bonds is 5. The van der Waals surface area contributed by atoms with Crippen LogP contribution in [0.1, 0.15) is 5.56 Å². The Morgan fingerprint density at radius 3 is 2.36 bits per heavy atom. The summed E-state index contributed by atoms with van der Waals surface area (Å²) in [7, 11) is 0. The van der Waals surface area contributed by atoms with Crippen molar-refractivity contribution in [2.75, 3.05) is 38.0 Å². The first kappa shape index (κ1) is 17.9. The van der Waals surface area contributed by atoms with E-state index in [-0.39, 0.29) is 18.1 Å². The van der Waals surface area contributed by atoms with Crippen molar-refractivity contribution < 1.29 is 9.18 Å². The maximum absolute atomic E-state index is 13.6. The van der Waals surface area contributed by atoms with Gasteiger partial charge in [0, 0.05) is 37.7 Å². The van der Waals surface area contributed by atoms with Gasteiger partial charge >= 0.3 is 0 Å². The van der Waals surface area contributed by atoms with Crippen LogP contribution in [0.2, 0.25) is 5.02 Å². The zero-order chi connectivity index (χ0) is 17.6. The number of hydrogen-bond donors (Lipinski definition) is 1. The van der Waals surface area contributed by atoms with Gasteiger partial charge in [-0.15, -0.1) is 0 Å². The molecule has 2 aromatic carbocycles. The van der Waals surface area contributed by atoms with E-state index in [0.29, 0.717) is 0 Å². The molecule has 132 valence electrons. The summed E-state index contributed by atoms with van der Waals surface area (Å²) in [6.45, 7) is 4.43. The number of carbonyl (C=O) groups excluding carboxylic acids is 1. The number of amides is 1. The van der Waals surface area contributed by atoms with Crippen LogP contribution < -0.4 is 5.32 Å². The third-order valence-electron chi connectivity index (χ3n) is 4.33. The van der Waals surface area contributed by atoms with E-state index in [4.69, 9.17) is 11.6 Å². The normalized spacial score (nSPS) is 15.9. The smallest absolute Gasteiger partial charge is 0.238 e. The van der Waals surface area contributed by atoms with E-state index in [1.165, 1.54) is 6.07 Å². The molecule has 1 heterocycles. The van der Waals surface area contributed by atoms with Gasteiger partial charge in [-0.3, -0.25) is 14.6 Å². The molecule has 1 saturated heterocycles. The molecule has 1 N–H and O–H groups in total. The molecule has 1 amide bonds. The summed E-state index contributed by atoms with van der Waals surface area (Å²) < 4.78 is 13.6. The number of anilines is 1. The van der Waals surface area contributed by atoms with Gasteiger partial charge in [0.2, 0.25) is 5.91 Å².